The van der Waals surface area contributed by atoms with Crippen LogP contribution in [0.5, 0.6) is 0 Å². The molecular weight excluding hydrogens is 268 g/mol. The third kappa shape index (κ3) is 4.32. The minimum Gasteiger partial charge on any atom is -0.355 e. The van der Waals surface area contributed by atoms with Crippen molar-refractivity contribution in [2.75, 3.05) is 24.6 Å². The van der Waals surface area contributed by atoms with Crippen LogP contribution in [0, 0.1) is 5.41 Å². The summed E-state index contributed by atoms with van der Waals surface area (Å²) in [5, 5.41) is 6.54. The van der Waals surface area contributed by atoms with Crippen molar-refractivity contribution in [3.05, 3.63) is 0 Å². The summed E-state index contributed by atoms with van der Waals surface area (Å²) >= 11 is 1.95. The normalized spacial score (nSPS) is 25.7. The topological polar surface area (TPSA) is 41.1 Å². The first-order valence-corrected chi connectivity index (χ1v) is 7.97. The second kappa shape index (κ2) is 7.61. The molecule has 3 nitrogen and oxygen atoms in total. The molecule has 0 aromatic rings. The van der Waals surface area contributed by atoms with Crippen molar-refractivity contribution >= 4 is 30.1 Å². The van der Waals surface area contributed by atoms with E-state index in [-0.39, 0.29) is 18.3 Å². The average Bonchev–Trinajstić information content (AvgIpc) is 2.29. The molecule has 106 valence electrons. The number of carbonyl (C=O) groups is 1. The van der Waals surface area contributed by atoms with E-state index in [0.717, 1.165) is 18.8 Å². The summed E-state index contributed by atoms with van der Waals surface area (Å²) in [6, 6.07) is 0.382. The Morgan fingerprint density at radius 2 is 2.28 bits per heavy atom. The van der Waals surface area contributed by atoms with Crippen LogP contribution in [0.25, 0.3) is 0 Å². The zero-order chi connectivity index (χ0) is 12.1. The number of carbonyl (C=O) groups excluding carboxylic acids is 1. The maximum atomic E-state index is 11.9. The highest BCUT2D eigenvalue weighted by atomic mass is 35.5. The fraction of sp³-hybridized carbons (Fsp3) is 0.923. The Bertz CT molecular complexity index is 260. The summed E-state index contributed by atoms with van der Waals surface area (Å²) in [7, 11) is 0. The highest BCUT2D eigenvalue weighted by molar-refractivity contribution is 7.99. The van der Waals surface area contributed by atoms with Crippen molar-refractivity contribution in [3.8, 4) is 0 Å². The van der Waals surface area contributed by atoms with Crippen LogP contribution in [0.4, 0.5) is 0 Å². The molecule has 1 saturated carbocycles. The van der Waals surface area contributed by atoms with Gasteiger partial charge in [-0.2, -0.15) is 11.8 Å². The van der Waals surface area contributed by atoms with Crippen LogP contribution in [-0.4, -0.2) is 36.5 Å². The molecular formula is C13H25ClN2OS. The largest absolute Gasteiger partial charge is 0.355 e. The Kier molecular flexibility index (Phi) is 6.82. The summed E-state index contributed by atoms with van der Waals surface area (Å²) in [5.41, 5.74) is 0.435. The summed E-state index contributed by atoms with van der Waals surface area (Å²) in [6.07, 6.45) is 5.77. The van der Waals surface area contributed by atoms with Crippen molar-refractivity contribution in [2.24, 2.45) is 5.41 Å². The fourth-order valence-corrected chi connectivity index (χ4v) is 3.61. The van der Waals surface area contributed by atoms with E-state index in [9.17, 15) is 4.79 Å². The van der Waals surface area contributed by atoms with Gasteiger partial charge in [-0.25, -0.2) is 0 Å². The first-order chi connectivity index (χ1) is 8.24. The molecule has 2 aliphatic rings. The van der Waals surface area contributed by atoms with E-state index in [2.05, 4.69) is 17.6 Å². The Labute approximate surface area is 121 Å². The van der Waals surface area contributed by atoms with Gasteiger partial charge in [0, 0.05) is 37.1 Å². The minimum atomic E-state index is 0. The van der Waals surface area contributed by atoms with Crippen LogP contribution in [0.15, 0.2) is 0 Å². The van der Waals surface area contributed by atoms with Crippen LogP contribution in [-0.2, 0) is 4.79 Å². The van der Waals surface area contributed by atoms with E-state index in [4.69, 9.17) is 0 Å². The first kappa shape index (κ1) is 16.1. The lowest BCUT2D eigenvalue weighted by atomic mass is 9.67. The van der Waals surface area contributed by atoms with Gasteiger partial charge in [0.05, 0.1) is 0 Å². The molecule has 2 rings (SSSR count). The van der Waals surface area contributed by atoms with Gasteiger partial charge in [-0.05, 0) is 24.7 Å². The average molecular weight is 293 g/mol. The van der Waals surface area contributed by atoms with Crippen molar-refractivity contribution < 1.29 is 4.79 Å². The second-order valence-electron chi connectivity index (χ2n) is 5.41. The van der Waals surface area contributed by atoms with Gasteiger partial charge >= 0.3 is 0 Å². The number of hydrogen-bond donors (Lipinski definition) is 2. The molecule has 0 spiro atoms. The molecule has 1 aliphatic carbocycles. The maximum Gasteiger partial charge on any atom is 0.221 e. The number of rotatable bonds is 5. The molecule has 2 fully saturated rings. The lowest BCUT2D eigenvalue weighted by Crippen LogP contribution is -2.45. The molecule has 5 heteroatoms. The molecule has 0 aromatic heterocycles. The van der Waals surface area contributed by atoms with E-state index < -0.39 is 0 Å². The molecule has 0 bridgehead atoms. The molecule has 0 aromatic carbocycles. The van der Waals surface area contributed by atoms with Crippen LogP contribution in [0.2, 0.25) is 0 Å². The maximum absolute atomic E-state index is 11.9. The zero-order valence-electron chi connectivity index (χ0n) is 11.2. The zero-order valence-corrected chi connectivity index (χ0v) is 12.8. The molecule has 1 atom stereocenters. The number of hydrogen-bond acceptors (Lipinski definition) is 3. The van der Waals surface area contributed by atoms with Crippen LogP contribution in [0.3, 0.4) is 0 Å². The Morgan fingerprint density at radius 1 is 1.50 bits per heavy atom. The highest BCUT2D eigenvalue weighted by Crippen LogP contribution is 2.43. The van der Waals surface area contributed by atoms with Crippen molar-refractivity contribution in [2.45, 2.75) is 45.1 Å². The van der Waals surface area contributed by atoms with Crippen molar-refractivity contribution in [1.82, 2.24) is 10.6 Å². The van der Waals surface area contributed by atoms with Gasteiger partial charge in [0.25, 0.3) is 0 Å². The predicted octanol–water partition coefficient (Wildman–Crippen LogP) is 2.20. The molecule has 1 aliphatic heterocycles. The molecule has 2 N–H and O–H groups in total. The van der Waals surface area contributed by atoms with Crippen LogP contribution >= 0.6 is 24.2 Å². The van der Waals surface area contributed by atoms with E-state index >= 15 is 0 Å². The predicted molar refractivity (Wildman–Crippen MR) is 80.6 cm³/mol. The van der Waals surface area contributed by atoms with E-state index in [1.165, 1.54) is 31.4 Å². The van der Waals surface area contributed by atoms with Gasteiger partial charge in [-0.1, -0.05) is 13.3 Å². The third-order valence-corrected chi connectivity index (χ3v) is 5.39. The number of amides is 1. The first-order valence-electron chi connectivity index (χ1n) is 6.82. The standard InChI is InChI=1S/C13H24N2OS.ClH/c1-2-13(4-3-5-13)10-15-12(16)8-11-9-17-7-6-14-11;/h11,14H,2-10H2,1H3,(H,15,16);1H. The number of halogens is 1. The van der Waals surface area contributed by atoms with Gasteiger partial charge in [-0.3, -0.25) is 4.79 Å². The highest BCUT2D eigenvalue weighted by Gasteiger charge is 2.35. The lowest BCUT2D eigenvalue weighted by Gasteiger charge is -2.41. The van der Waals surface area contributed by atoms with Crippen molar-refractivity contribution in [3.63, 3.8) is 0 Å². The summed E-state index contributed by atoms with van der Waals surface area (Å²) in [4.78, 5) is 11.9. The Morgan fingerprint density at radius 3 is 2.78 bits per heavy atom. The molecule has 1 saturated heterocycles. The fourth-order valence-electron chi connectivity index (χ4n) is 2.66. The lowest BCUT2D eigenvalue weighted by molar-refractivity contribution is -0.122. The smallest absolute Gasteiger partial charge is 0.221 e. The van der Waals surface area contributed by atoms with Gasteiger partial charge in [-0.15, -0.1) is 12.4 Å². The minimum absolute atomic E-state index is 0. The summed E-state index contributed by atoms with van der Waals surface area (Å²) in [5.74, 6) is 2.48. The molecule has 0 radical (unpaired) electrons. The quantitative estimate of drug-likeness (QED) is 0.816. The molecule has 1 unspecified atom stereocenters. The SMILES string of the molecule is CCC1(CNC(=O)CC2CSCCN2)CCC1.Cl. The molecule has 1 heterocycles. The van der Waals surface area contributed by atoms with Gasteiger partial charge in [0.1, 0.15) is 0 Å². The Balaban J connectivity index is 0.00000162. The Hall–Kier alpha value is 0.0700. The van der Waals surface area contributed by atoms with Crippen molar-refractivity contribution in [1.29, 1.82) is 0 Å². The molecule has 18 heavy (non-hydrogen) atoms. The second-order valence-corrected chi connectivity index (χ2v) is 6.56. The number of nitrogens with one attached hydrogen (secondary N) is 2. The summed E-state index contributed by atoms with van der Waals surface area (Å²) < 4.78 is 0. The van der Waals surface area contributed by atoms with Gasteiger partial charge in [0.15, 0.2) is 0 Å². The third-order valence-electron chi connectivity index (χ3n) is 4.26. The summed E-state index contributed by atoms with van der Waals surface area (Å²) in [6.45, 7) is 4.17. The molecule has 1 amide bonds. The van der Waals surface area contributed by atoms with E-state index in [1.54, 1.807) is 0 Å². The van der Waals surface area contributed by atoms with Gasteiger partial charge < -0.3 is 10.6 Å². The number of thioether (sulfide) groups is 1. The van der Waals surface area contributed by atoms with E-state index in [1.807, 2.05) is 11.8 Å². The van der Waals surface area contributed by atoms with Gasteiger partial charge in [0.2, 0.25) is 5.91 Å². The van der Waals surface area contributed by atoms with E-state index in [0.29, 0.717) is 17.9 Å². The van der Waals surface area contributed by atoms with Crippen LogP contribution in [0.1, 0.15) is 39.0 Å². The van der Waals surface area contributed by atoms with Crippen LogP contribution < -0.4 is 10.6 Å². The monoisotopic (exact) mass is 292 g/mol.